The van der Waals surface area contributed by atoms with E-state index in [4.69, 9.17) is 0 Å². The second-order valence-electron chi connectivity index (χ2n) is 7.60. The molecule has 1 aliphatic heterocycles. The van der Waals surface area contributed by atoms with Crippen molar-refractivity contribution >= 4 is 21.8 Å². The molecule has 0 unspecified atom stereocenters. The Balaban J connectivity index is 1.84. The van der Waals surface area contributed by atoms with Gasteiger partial charge in [-0.2, -0.15) is 4.31 Å². The fraction of sp³-hybridized carbons (Fsp3) is 0.478. The van der Waals surface area contributed by atoms with Crippen molar-refractivity contribution in [3.63, 3.8) is 0 Å². The van der Waals surface area contributed by atoms with E-state index in [2.05, 4.69) is 31.2 Å². The van der Waals surface area contributed by atoms with Crippen LogP contribution in [0.15, 0.2) is 64.4 Å². The van der Waals surface area contributed by atoms with E-state index in [0.717, 1.165) is 31.2 Å². The molecular weight excluding hydrogens is 386 g/mol. The molecule has 3 nitrogen and oxygen atoms in total. The summed E-state index contributed by atoms with van der Waals surface area (Å²) >= 11 is 1.85. The smallest absolute Gasteiger partial charge is 0.207 e. The number of benzene rings is 2. The maximum absolute atomic E-state index is 13.4. The number of rotatable bonds is 9. The highest BCUT2D eigenvalue weighted by Crippen LogP contribution is 2.37. The van der Waals surface area contributed by atoms with Crippen LogP contribution in [0.5, 0.6) is 0 Å². The molecule has 0 amide bonds. The van der Waals surface area contributed by atoms with Gasteiger partial charge in [0.25, 0.3) is 0 Å². The zero-order valence-electron chi connectivity index (χ0n) is 16.9. The third kappa shape index (κ3) is 5.19. The Morgan fingerprint density at radius 2 is 1.79 bits per heavy atom. The fourth-order valence-corrected chi connectivity index (χ4v) is 7.08. The molecule has 2 atom stereocenters. The van der Waals surface area contributed by atoms with Gasteiger partial charge in [0, 0.05) is 22.7 Å². The monoisotopic (exact) mass is 417 g/mol. The van der Waals surface area contributed by atoms with Crippen LogP contribution in [0.25, 0.3) is 0 Å². The third-order valence-electron chi connectivity index (χ3n) is 5.43. The van der Waals surface area contributed by atoms with E-state index in [-0.39, 0.29) is 11.3 Å². The molecule has 2 aromatic rings. The van der Waals surface area contributed by atoms with Crippen molar-refractivity contribution in [1.82, 2.24) is 4.31 Å². The Kier molecular flexibility index (Phi) is 7.61. The highest BCUT2D eigenvalue weighted by molar-refractivity contribution is 8.00. The first-order valence-corrected chi connectivity index (χ1v) is 12.6. The van der Waals surface area contributed by atoms with Crippen LogP contribution < -0.4 is 0 Å². The highest BCUT2D eigenvalue weighted by atomic mass is 32.2. The molecule has 0 aliphatic carbocycles. The van der Waals surface area contributed by atoms with Gasteiger partial charge < -0.3 is 0 Å². The van der Waals surface area contributed by atoms with Gasteiger partial charge in [0.2, 0.25) is 10.0 Å². The van der Waals surface area contributed by atoms with Gasteiger partial charge in [-0.05, 0) is 50.5 Å². The molecular formula is C23H31NO2S2. The Morgan fingerprint density at radius 1 is 1.07 bits per heavy atom. The average Bonchev–Trinajstić information content (AvgIpc) is 3.19. The van der Waals surface area contributed by atoms with Gasteiger partial charge in [0.1, 0.15) is 0 Å². The van der Waals surface area contributed by atoms with E-state index >= 15 is 0 Å². The van der Waals surface area contributed by atoms with Gasteiger partial charge in [0.15, 0.2) is 0 Å². The van der Waals surface area contributed by atoms with Crippen LogP contribution in [0.4, 0.5) is 0 Å². The van der Waals surface area contributed by atoms with Crippen molar-refractivity contribution in [2.24, 2.45) is 0 Å². The van der Waals surface area contributed by atoms with Crippen molar-refractivity contribution in [3.05, 3.63) is 60.2 Å². The van der Waals surface area contributed by atoms with E-state index in [9.17, 15) is 8.42 Å². The third-order valence-corrected chi connectivity index (χ3v) is 8.76. The summed E-state index contributed by atoms with van der Waals surface area (Å²) in [5.74, 6) is 0. The van der Waals surface area contributed by atoms with Crippen molar-refractivity contribution in [1.29, 1.82) is 0 Å². The summed E-state index contributed by atoms with van der Waals surface area (Å²) in [6.07, 6.45) is 6.47. The largest absolute Gasteiger partial charge is 0.243 e. The second-order valence-corrected chi connectivity index (χ2v) is 10.8. The first-order valence-electron chi connectivity index (χ1n) is 10.3. The predicted octanol–water partition coefficient (Wildman–Crippen LogP) is 5.89. The first kappa shape index (κ1) is 21.4. The SMILES string of the molecule is CCCCC[C@H](Sc1ccccc1)[C@@H]1CCCN1S(=O)(=O)c1ccc(C)cc1. The van der Waals surface area contributed by atoms with E-state index in [0.29, 0.717) is 11.4 Å². The van der Waals surface area contributed by atoms with Crippen LogP contribution in [0, 0.1) is 6.92 Å². The minimum atomic E-state index is -3.45. The molecule has 1 aliphatic rings. The van der Waals surface area contributed by atoms with Gasteiger partial charge in [0.05, 0.1) is 4.90 Å². The molecule has 1 heterocycles. The molecule has 3 rings (SSSR count). The fourth-order valence-electron chi connectivity index (χ4n) is 3.88. The molecule has 2 aromatic carbocycles. The maximum Gasteiger partial charge on any atom is 0.243 e. The summed E-state index contributed by atoms with van der Waals surface area (Å²) in [7, 11) is -3.45. The van der Waals surface area contributed by atoms with Gasteiger partial charge in [-0.15, -0.1) is 11.8 Å². The highest BCUT2D eigenvalue weighted by Gasteiger charge is 2.39. The zero-order valence-corrected chi connectivity index (χ0v) is 18.5. The van der Waals surface area contributed by atoms with Gasteiger partial charge in [-0.1, -0.05) is 62.1 Å². The van der Waals surface area contributed by atoms with Crippen LogP contribution in [0.3, 0.4) is 0 Å². The second kappa shape index (κ2) is 9.95. The molecule has 0 radical (unpaired) electrons. The Hall–Kier alpha value is -1.30. The predicted molar refractivity (Wildman–Crippen MR) is 118 cm³/mol. The molecule has 28 heavy (non-hydrogen) atoms. The standard InChI is InChI=1S/C23H31NO2S2/c1-3-4-6-13-23(27-20-10-7-5-8-11-20)22-12-9-18-24(22)28(25,26)21-16-14-19(2)15-17-21/h5,7-8,10-11,14-17,22-23H,3-4,6,9,12-13,18H2,1-2H3/t22-,23-/m0/s1. The van der Waals surface area contributed by atoms with Crippen LogP contribution >= 0.6 is 11.8 Å². The Bertz CT molecular complexity index is 835. The van der Waals surface area contributed by atoms with Gasteiger partial charge in [-0.25, -0.2) is 8.42 Å². The quantitative estimate of drug-likeness (QED) is 0.377. The number of nitrogens with zero attached hydrogens (tertiary/aromatic N) is 1. The topological polar surface area (TPSA) is 37.4 Å². The molecule has 0 spiro atoms. The summed E-state index contributed by atoms with van der Waals surface area (Å²) in [6, 6.07) is 17.7. The molecule has 1 saturated heterocycles. The van der Waals surface area contributed by atoms with Gasteiger partial charge >= 0.3 is 0 Å². The summed E-state index contributed by atoms with van der Waals surface area (Å²) in [4.78, 5) is 1.64. The Labute approximate surface area is 174 Å². The van der Waals surface area contributed by atoms with Crippen molar-refractivity contribution < 1.29 is 8.42 Å². The van der Waals surface area contributed by atoms with E-state index < -0.39 is 10.0 Å². The normalized spacial score (nSPS) is 19.0. The minimum absolute atomic E-state index is 0.0633. The van der Waals surface area contributed by atoms with Crippen LogP contribution in [-0.2, 0) is 10.0 Å². The van der Waals surface area contributed by atoms with Crippen LogP contribution in [-0.4, -0.2) is 30.6 Å². The van der Waals surface area contributed by atoms with Crippen molar-refractivity contribution in [3.8, 4) is 0 Å². The molecule has 5 heteroatoms. The lowest BCUT2D eigenvalue weighted by Crippen LogP contribution is -2.41. The molecule has 0 bridgehead atoms. The van der Waals surface area contributed by atoms with Crippen molar-refractivity contribution in [2.45, 2.75) is 73.5 Å². The zero-order chi connectivity index (χ0) is 20.0. The number of unbranched alkanes of at least 4 members (excludes halogenated alkanes) is 2. The maximum atomic E-state index is 13.4. The number of sulfonamides is 1. The number of thioether (sulfide) groups is 1. The molecule has 1 fully saturated rings. The lowest BCUT2D eigenvalue weighted by Gasteiger charge is -2.31. The number of hydrogen-bond donors (Lipinski definition) is 0. The van der Waals surface area contributed by atoms with E-state index in [1.165, 1.54) is 17.7 Å². The summed E-state index contributed by atoms with van der Waals surface area (Å²) in [6.45, 7) is 4.82. The van der Waals surface area contributed by atoms with E-state index in [1.807, 2.05) is 36.9 Å². The number of aryl methyl sites for hydroxylation is 1. The Morgan fingerprint density at radius 3 is 2.46 bits per heavy atom. The van der Waals surface area contributed by atoms with Crippen molar-refractivity contribution in [2.75, 3.05) is 6.54 Å². The molecule has 152 valence electrons. The lowest BCUT2D eigenvalue weighted by molar-refractivity contribution is 0.367. The summed E-state index contributed by atoms with van der Waals surface area (Å²) in [5, 5.41) is 0.289. The van der Waals surface area contributed by atoms with E-state index in [1.54, 1.807) is 16.4 Å². The lowest BCUT2D eigenvalue weighted by atomic mass is 10.1. The first-order chi connectivity index (χ1) is 13.5. The number of hydrogen-bond acceptors (Lipinski definition) is 3. The van der Waals surface area contributed by atoms with Crippen LogP contribution in [0.1, 0.15) is 51.0 Å². The molecule has 0 aromatic heterocycles. The van der Waals surface area contributed by atoms with Gasteiger partial charge in [-0.3, -0.25) is 0 Å². The average molecular weight is 418 g/mol. The summed E-state index contributed by atoms with van der Waals surface area (Å²) in [5.41, 5.74) is 1.08. The summed E-state index contributed by atoms with van der Waals surface area (Å²) < 4.78 is 28.5. The van der Waals surface area contributed by atoms with Crippen LogP contribution in [0.2, 0.25) is 0 Å². The minimum Gasteiger partial charge on any atom is -0.207 e. The molecule has 0 saturated carbocycles. The molecule has 0 N–H and O–H groups in total.